The molecule has 0 aliphatic carbocycles. The van der Waals surface area contributed by atoms with E-state index < -0.39 is 5.97 Å². The SMILES string of the molecule is Nc1ccc(C(=O)O)cc1N.[H-].[K+]. The molecular weight excluding hydrogens is 183 g/mol. The van der Waals surface area contributed by atoms with E-state index in [1.54, 1.807) is 0 Å². The van der Waals surface area contributed by atoms with Gasteiger partial charge in [0.05, 0.1) is 16.9 Å². The predicted octanol–water partition coefficient (Wildman–Crippen LogP) is -2.33. The molecular formula is C7H9KN2O2. The average molecular weight is 192 g/mol. The van der Waals surface area contributed by atoms with Crippen molar-refractivity contribution in [1.82, 2.24) is 0 Å². The Hall–Kier alpha value is -0.0736. The van der Waals surface area contributed by atoms with E-state index in [0.29, 0.717) is 11.4 Å². The summed E-state index contributed by atoms with van der Waals surface area (Å²) in [4.78, 5) is 10.4. The monoisotopic (exact) mass is 192 g/mol. The number of carboxylic acid groups (broad SMARTS) is 1. The molecule has 12 heavy (non-hydrogen) atoms. The summed E-state index contributed by atoms with van der Waals surface area (Å²) in [5.41, 5.74) is 11.6. The van der Waals surface area contributed by atoms with Crippen LogP contribution in [0.15, 0.2) is 18.2 Å². The van der Waals surface area contributed by atoms with Gasteiger partial charge in [0.1, 0.15) is 0 Å². The number of carboxylic acids is 1. The molecule has 1 aromatic rings. The molecule has 0 aliphatic heterocycles. The van der Waals surface area contributed by atoms with Gasteiger partial charge in [-0.1, -0.05) is 0 Å². The van der Waals surface area contributed by atoms with Gasteiger partial charge in [-0.05, 0) is 18.2 Å². The van der Waals surface area contributed by atoms with Crippen LogP contribution in [0.2, 0.25) is 0 Å². The first-order valence-corrected chi connectivity index (χ1v) is 2.99. The fourth-order valence-electron chi connectivity index (χ4n) is 0.708. The molecule has 0 heterocycles. The molecule has 5 N–H and O–H groups in total. The van der Waals surface area contributed by atoms with E-state index in [2.05, 4.69) is 0 Å². The van der Waals surface area contributed by atoms with Crippen LogP contribution in [0.4, 0.5) is 11.4 Å². The van der Waals surface area contributed by atoms with Crippen LogP contribution in [-0.4, -0.2) is 11.1 Å². The molecule has 0 amide bonds. The fourth-order valence-corrected chi connectivity index (χ4v) is 0.708. The Balaban J connectivity index is 0. The van der Waals surface area contributed by atoms with Crippen molar-refractivity contribution in [1.29, 1.82) is 0 Å². The number of benzene rings is 1. The van der Waals surface area contributed by atoms with Crippen LogP contribution in [0.1, 0.15) is 11.8 Å². The molecule has 4 nitrogen and oxygen atoms in total. The third-order valence-electron chi connectivity index (χ3n) is 1.33. The van der Waals surface area contributed by atoms with Crippen molar-refractivity contribution < 1.29 is 62.7 Å². The zero-order valence-corrected chi connectivity index (χ0v) is 9.87. The first kappa shape index (κ1) is 11.9. The maximum Gasteiger partial charge on any atom is 1.00 e. The van der Waals surface area contributed by atoms with Crippen LogP contribution in [-0.2, 0) is 0 Å². The molecule has 0 fully saturated rings. The number of aromatic carboxylic acids is 1. The molecule has 1 aromatic carbocycles. The predicted molar refractivity (Wildman–Crippen MR) is 43.3 cm³/mol. The summed E-state index contributed by atoms with van der Waals surface area (Å²) in [6.45, 7) is 0. The third kappa shape index (κ3) is 2.76. The van der Waals surface area contributed by atoms with E-state index in [4.69, 9.17) is 16.6 Å². The summed E-state index contributed by atoms with van der Waals surface area (Å²) in [6.07, 6.45) is 0. The van der Waals surface area contributed by atoms with Crippen molar-refractivity contribution in [2.24, 2.45) is 0 Å². The number of rotatable bonds is 1. The summed E-state index contributed by atoms with van der Waals surface area (Å²) in [6, 6.07) is 4.21. The summed E-state index contributed by atoms with van der Waals surface area (Å²) >= 11 is 0. The van der Waals surface area contributed by atoms with E-state index in [1.165, 1.54) is 18.2 Å². The second-order valence-electron chi connectivity index (χ2n) is 2.15. The standard InChI is InChI=1S/C7H8N2O2.K.H/c8-5-2-1-4(7(10)11)3-6(5)9;;/h1-3H,8-9H2,(H,10,11);;/q;+1;-1. The molecule has 0 spiro atoms. The quantitative estimate of drug-likeness (QED) is 0.344. The number of hydrogen-bond donors (Lipinski definition) is 3. The zero-order chi connectivity index (χ0) is 8.43. The van der Waals surface area contributed by atoms with Crippen LogP contribution < -0.4 is 62.9 Å². The maximum absolute atomic E-state index is 10.4. The minimum Gasteiger partial charge on any atom is -1.00 e. The molecule has 5 heteroatoms. The van der Waals surface area contributed by atoms with Gasteiger partial charge in [0.25, 0.3) is 0 Å². The molecule has 0 saturated carbocycles. The third-order valence-corrected chi connectivity index (χ3v) is 1.33. The van der Waals surface area contributed by atoms with Gasteiger partial charge in [0.15, 0.2) is 0 Å². The van der Waals surface area contributed by atoms with Crippen LogP contribution >= 0.6 is 0 Å². The molecule has 60 valence electrons. The van der Waals surface area contributed by atoms with Gasteiger partial charge in [0, 0.05) is 0 Å². The van der Waals surface area contributed by atoms with Gasteiger partial charge in [-0.2, -0.15) is 0 Å². The molecule has 0 atom stereocenters. The summed E-state index contributed by atoms with van der Waals surface area (Å²) in [5.74, 6) is -1.00. The molecule has 0 unspecified atom stereocenters. The van der Waals surface area contributed by atoms with Crippen LogP contribution in [0, 0.1) is 0 Å². The number of anilines is 2. The Bertz CT molecular complexity index is 307. The van der Waals surface area contributed by atoms with Crippen molar-refractivity contribution in [3.63, 3.8) is 0 Å². The normalized spacial score (nSPS) is 8.67. The van der Waals surface area contributed by atoms with Crippen molar-refractivity contribution in [3.8, 4) is 0 Å². The van der Waals surface area contributed by atoms with Gasteiger partial charge in [-0.25, -0.2) is 4.79 Å². The number of carbonyl (C=O) groups is 1. The fraction of sp³-hybridized carbons (Fsp3) is 0. The smallest absolute Gasteiger partial charge is 1.00 e. The molecule has 0 radical (unpaired) electrons. The van der Waals surface area contributed by atoms with Crippen LogP contribution in [0.25, 0.3) is 0 Å². The Morgan fingerprint density at radius 1 is 1.33 bits per heavy atom. The van der Waals surface area contributed by atoms with Gasteiger partial charge >= 0.3 is 57.4 Å². The van der Waals surface area contributed by atoms with E-state index in [1.807, 2.05) is 0 Å². The Labute approximate surface area is 114 Å². The second-order valence-corrected chi connectivity index (χ2v) is 2.15. The number of nitrogens with two attached hydrogens (primary N) is 2. The second kappa shape index (κ2) is 4.83. The number of hydrogen-bond acceptors (Lipinski definition) is 3. The van der Waals surface area contributed by atoms with Gasteiger partial charge in [-0.15, -0.1) is 0 Å². The first-order valence-electron chi connectivity index (χ1n) is 2.99. The molecule has 0 saturated heterocycles. The van der Waals surface area contributed by atoms with Crippen LogP contribution in [0.5, 0.6) is 0 Å². The van der Waals surface area contributed by atoms with E-state index >= 15 is 0 Å². The molecule has 0 aliphatic rings. The van der Waals surface area contributed by atoms with E-state index in [-0.39, 0.29) is 58.4 Å². The topological polar surface area (TPSA) is 89.3 Å². The van der Waals surface area contributed by atoms with Crippen molar-refractivity contribution in [2.45, 2.75) is 0 Å². The maximum atomic E-state index is 10.4. The number of nitrogen functional groups attached to an aromatic ring is 2. The Morgan fingerprint density at radius 2 is 1.92 bits per heavy atom. The van der Waals surface area contributed by atoms with Crippen LogP contribution in [0.3, 0.4) is 0 Å². The zero-order valence-electron chi connectivity index (χ0n) is 7.74. The summed E-state index contributed by atoms with van der Waals surface area (Å²) < 4.78 is 0. The minimum absolute atomic E-state index is 0. The molecule has 0 bridgehead atoms. The Morgan fingerprint density at radius 3 is 2.33 bits per heavy atom. The minimum atomic E-state index is -1.00. The Kier molecular flexibility index (Phi) is 4.80. The van der Waals surface area contributed by atoms with Crippen molar-refractivity contribution >= 4 is 17.3 Å². The summed E-state index contributed by atoms with van der Waals surface area (Å²) in [7, 11) is 0. The van der Waals surface area contributed by atoms with E-state index in [0.717, 1.165) is 0 Å². The average Bonchev–Trinajstić information content (AvgIpc) is 1.94. The van der Waals surface area contributed by atoms with Crippen molar-refractivity contribution in [3.05, 3.63) is 23.8 Å². The molecule has 1 rings (SSSR count). The largest absolute Gasteiger partial charge is 1.00 e. The first-order chi connectivity index (χ1) is 5.11. The van der Waals surface area contributed by atoms with Gasteiger partial charge in [0.2, 0.25) is 0 Å². The van der Waals surface area contributed by atoms with Crippen molar-refractivity contribution in [2.75, 3.05) is 11.5 Å². The van der Waals surface area contributed by atoms with E-state index in [9.17, 15) is 4.79 Å². The van der Waals surface area contributed by atoms with Gasteiger partial charge < -0.3 is 18.0 Å². The van der Waals surface area contributed by atoms with Gasteiger partial charge in [-0.3, -0.25) is 0 Å². The summed E-state index contributed by atoms with van der Waals surface area (Å²) in [5, 5.41) is 8.50. The molecule has 0 aromatic heterocycles.